The van der Waals surface area contributed by atoms with Crippen molar-refractivity contribution in [1.29, 1.82) is 0 Å². The predicted molar refractivity (Wildman–Crippen MR) is 69.2 cm³/mol. The molecule has 0 saturated carbocycles. The zero-order valence-corrected chi connectivity index (χ0v) is 12.0. The van der Waals surface area contributed by atoms with Crippen molar-refractivity contribution >= 4 is 38.6 Å². The summed E-state index contributed by atoms with van der Waals surface area (Å²) >= 11 is 6.23. The van der Waals surface area contributed by atoms with E-state index >= 15 is 0 Å². The van der Waals surface area contributed by atoms with Gasteiger partial charge in [-0.3, -0.25) is 10.1 Å². The van der Waals surface area contributed by atoms with Crippen LogP contribution in [0.2, 0.25) is 4.34 Å². The minimum atomic E-state index is -3.86. The number of aromatic nitrogens is 2. The fourth-order valence-corrected chi connectivity index (χ4v) is 4.01. The van der Waals surface area contributed by atoms with Crippen LogP contribution in [0.1, 0.15) is 5.82 Å². The summed E-state index contributed by atoms with van der Waals surface area (Å²) < 4.78 is 30.2. The van der Waals surface area contributed by atoms with Gasteiger partial charge in [-0.1, -0.05) is 16.8 Å². The molecule has 0 amide bonds. The molecule has 0 radical (unpaired) electrons. The normalized spacial score (nSPS) is 11.7. The Labute approximate surface area is 121 Å². The Hall–Kier alpha value is -1.56. The summed E-state index contributed by atoms with van der Waals surface area (Å²) in [6, 6.07) is 0.920. The smallest absolute Gasteiger partial charge is 0.300 e. The first-order valence-corrected chi connectivity index (χ1v) is 7.76. The summed E-state index contributed by atoms with van der Waals surface area (Å²) in [5, 5.41) is 14.1. The van der Waals surface area contributed by atoms with Gasteiger partial charge in [-0.05, 0) is 0 Å². The van der Waals surface area contributed by atoms with Gasteiger partial charge in [0.1, 0.15) is 4.21 Å². The predicted octanol–water partition coefficient (Wildman–Crippen LogP) is 1.21. The first-order valence-electron chi connectivity index (χ1n) is 5.09. The fourth-order valence-electron chi connectivity index (χ4n) is 1.27. The standard InChI is InChI=1S/C8H7ClN4O5S2/c9-8-5(13(14)15)3-7(19-8)20(16,17)11-2-1-6-10-4-18-12-6/h3-4,11H,1-2H2. The van der Waals surface area contributed by atoms with E-state index in [1.165, 1.54) is 0 Å². The van der Waals surface area contributed by atoms with Crippen LogP contribution in [-0.2, 0) is 16.4 Å². The van der Waals surface area contributed by atoms with Crippen LogP contribution in [0, 0.1) is 10.1 Å². The van der Waals surface area contributed by atoms with Gasteiger partial charge >= 0.3 is 0 Å². The monoisotopic (exact) mass is 338 g/mol. The Morgan fingerprint density at radius 3 is 2.85 bits per heavy atom. The Morgan fingerprint density at radius 1 is 1.55 bits per heavy atom. The molecule has 0 aliphatic carbocycles. The average Bonchev–Trinajstić information content (AvgIpc) is 2.98. The van der Waals surface area contributed by atoms with E-state index in [4.69, 9.17) is 11.6 Å². The number of rotatable bonds is 6. The van der Waals surface area contributed by atoms with Crippen molar-refractivity contribution in [2.24, 2.45) is 0 Å². The first kappa shape index (κ1) is 14.8. The lowest BCUT2D eigenvalue weighted by Crippen LogP contribution is -2.25. The zero-order valence-electron chi connectivity index (χ0n) is 9.65. The molecule has 20 heavy (non-hydrogen) atoms. The molecule has 0 aliphatic rings. The second kappa shape index (κ2) is 5.83. The first-order chi connectivity index (χ1) is 9.40. The van der Waals surface area contributed by atoms with Crippen molar-refractivity contribution in [2.45, 2.75) is 10.6 Å². The molecule has 2 aromatic rings. The molecule has 0 bridgehead atoms. The van der Waals surface area contributed by atoms with E-state index in [1.807, 2.05) is 0 Å². The molecular formula is C8H7ClN4O5S2. The molecular weight excluding hydrogens is 332 g/mol. The molecule has 0 fully saturated rings. The number of nitro groups is 1. The van der Waals surface area contributed by atoms with Gasteiger partial charge in [0, 0.05) is 19.0 Å². The highest BCUT2D eigenvalue weighted by atomic mass is 35.5. The lowest BCUT2D eigenvalue weighted by Gasteiger charge is -2.01. The van der Waals surface area contributed by atoms with Crippen LogP contribution >= 0.6 is 22.9 Å². The van der Waals surface area contributed by atoms with Gasteiger partial charge in [-0.2, -0.15) is 4.98 Å². The van der Waals surface area contributed by atoms with Gasteiger partial charge in [0.2, 0.25) is 16.4 Å². The lowest BCUT2D eigenvalue weighted by molar-refractivity contribution is -0.384. The molecule has 2 rings (SSSR count). The SMILES string of the molecule is O=[N+]([O-])c1cc(S(=O)(=O)NCCc2ncon2)sc1Cl. The molecule has 0 atom stereocenters. The average molecular weight is 339 g/mol. The third-order valence-electron chi connectivity index (χ3n) is 2.16. The largest absolute Gasteiger partial charge is 0.343 e. The third-order valence-corrected chi connectivity index (χ3v) is 5.43. The van der Waals surface area contributed by atoms with Gasteiger partial charge < -0.3 is 4.52 Å². The van der Waals surface area contributed by atoms with Crippen molar-refractivity contribution in [3.63, 3.8) is 0 Å². The van der Waals surface area contributed by atoms with Crippen molar-refractivity contribution in [1.82, 2.24) is 14.9 Å². The van der Waals surface area contributed by atoms with Crippen molar-refractivity contribution in [3.8, 4) is 0 Å². The molecule has 108 valence electrons. The molecule has 0 aliphatic heterocycles. The third kappa shape index (κ3) is 3.30. The van der Waals surface area contributed by atoms with Crippen LogP contribution in [0.15, 0.2) is 21.2 Å². The van der Waals surface area contributed by atoms with Gasteiger partial charge in [-0.15, -0.1) is 11.3 Å². The number of halogens is 1. The topological polar surface area (TPSA) is 128 Å². The second-order valence-corrected chi connectivity index (χ2v) is 7.12. The Morgan fingerprint density at radius 2 is 2.30 bits per heavy atom. The number of thiophene rings is 1. The molecule has 2 heterocycles. The maximum absolute atomic E-state index is 11.9. The highest BCUT2D eigenvalue weighted by Gasteiger charge is 2.24. The number of nitrogens with zero attached hydrogens (tertiary/aromatic N) is 3. The van der Waals surface area contributed by atoms with E-state index in [9.17, 15) is 18.5 Å². The van der Waals surface area contributed by atoms with E-state index in [0.717, 1.165) is 12.5 Å². The highest BCUT2D eigenvalue weighted by Crippen LogP contribution is 2.35. The Bertz CT molecular complexity index is 711. The van der Waals surface area contributed by atoms with E-state index in [-0.39, 0.29) is 21.5 Å². The van der Waals surface area contributed by atoms with E-state index in [2.05, 4.69) is 19.4 Å². The molecule has 0 unspecified atom stereocenters. The molecule has 2 aromatic heterocycles. The Kier molecular flexibility index (Phi) is 4.32. The minimum absolute atomic E-state index is 0.0329. The lowest BCUT2D eigenvalue weighted by atomic mass is 10.4. The second-order valence-electron chi connectivity index (χ2n) is 3.48. The molecule has 9 nitrogen and oxygen atoms in total. The molecule has 0 saturated heterocycles. The van der Waals surface area contributed by atoms with Crippen LogP contribution < -0.4 is 4.72 Å². The van der Waals surface area contributed by atoms with Gasteiger partial charge in [0.15, 0.2) is 10.2 Å². The van der Waals surface area contributed by atoms with Crippen LogP contribution in [-0.4, -0.2) is 30.0 Å². The van der Waals surface area contributed by atoms with Crippen molar-refractivity contribution in [2.75, 3.05) is 6.54 Å². The fraction of sp³-hybridized carbons (Fsp3) is 0.250. The molecule has 0 spiro atoms. The van der Waals surface area contributed by atoms with Crippen LogP contribution in [0.3, 0.4) is 0 Å². The zero-order chi connectivity index (χ0) is 14.8. The van der Waals surface area contributed by atoms with E-state index in [0.29, 0.717) is 17.2 Å². The van der Waals surface area contributed by atoms with Crippen LogP contribution in [0.25, 0.3) is 0 Å². The summed E-state index contributed by atoms with van der Waals surface area (Å²) in [7, 11) is -3.86. The summed E-state index contributed by atoms with van der Waals surface area (Å²) in [6.07, 6.45) is 1.36. The molecule has 0 aromatic carbocycles. The number of sulfonamides is 1. The minimum Gasteiger partial charge on any atom is -0.343 e. The van der Waals surface area contributed by atoms with Crippen molar-refractivity contribution < 1.29 is 17.9 Å². The van der Waals surface area contributed by atoms with Gasteiger partial charge in [-0.25, -0.2) is 13.1 Å². The highest BCUT2D eigenvalue weighted by molar-refractivity contribution is 7.91. The maximum Gasteiger partial charge on any atom is 0.300 e. The van der Waals surface area contributed by atoms with Crippen LogP contribution in [0.5, 0.6) is 0 Å². The van der Waals surface area contributed by atoms with E-state index in [1.54, 1.807) is 0 Å². The summed E-state index contributed by atoms with van der Waals surface area (Å²) in [5.41, 5.74) is -0.435. The summed E-state index contributed by atoms with van der Waals surface area (Å²) in [4.78, 5) is 13.6. The summed E-state index contributed by atoms with van der Waals surface area (Å²) in [5.74, 6) is 0.350. The number of hydrogen-bond donors (Lipinski definition) is 1. The van der Waals surface area contributed by atoms with E-state index < -0.39 is 20.6 Å². The number of hydrogen-bond acceptors (Lipinski definition) is 8. The van der Waals surface area contributed by atoms with Crippen molar-refractivity contribution in [3.05, 3.63) is 32.7 Å². The number of nitrogens with one attached hydrogen (secondary N) is 1. The Balaban J connectivity index is 2.06. The quantitative estimate of drug-likeness (QED) is 0.619. The molecule has 1 N–H and O–H groups in total. The van der Waals surface area contributed by atoms with Crippen LogP contribution in [0.4, 0.5) is 5.69 Å². The summed E-state index contributed by atoms with van der Waals surface area (Å²) in [6.45, 7) is 0.0329. The molecule has 12 heteroatoms. The van der Waals surface area contributed by atoms with Gasteiger partial charge in [0.05, 0.1) is 4.92 Å². The maximum atomic E-state index is 11.9. The van der Waals surface area contributed by atoms with Gasteiger partial charge in [0.25, 0.3) is 5.69 Å².